The van der Waals surface area contributed by atoms with Crippen LogP contribution in [0.4, 0.5) is 4.39 Å². The lowest BCUT2D eigenvalue weighted by Gasteiger charge is -2.15. The highest BCUT2D eigenvalue weighted by Gasteiger charge is 2.17. The van der Waals surface area contributed by atoms with Crippen LogP contribution in [0, 0.1) is 5.82 Å². The van der Waals surface area contributed by atoms with E-state index in [9.17, 15) is 18.8 Å². The maximum Gasteiger partial charge on any atom is 0.437 e. The third-order valence-electron chi connectivity index (χ3n) is 3.74. The van der Waals surface area contributed by atoms with Crippen LogP contribution in [0.15, 0.2) is 63.8 Å². The number of carbonyl (C=O) groups excluding carboxylic acids is 2. The summed E-state index contributed by atoms with van der Waals surface area (Å²) in [5.41, 5.74) is 4.93. The number of rotatable bonds is 6. The van der Waals surface area contributed by atoms with Gasteiger partial charge >= 0.3 is 5.76 Å². The second-order valence-electron chi connectivity index (χ2n) is 5.95. The van der Waals surface area contributed by atoms with E-state index < -0.39 is 36.0 Å². The molecule has 0 spiro atoms. The average Bonchev–Trinajstić information content (AvgIpc) is 3.08. The number of nitrogens with zero attached hydrogens (tertiary/aromatic N) is 2. The predicted molar refractivity (Wildman–Crippen MR) is 99.0 cm³/mol. The molecule has 9 nitrogen and oxygen atoms in total. The number of nitrogens with one attached hydrogen (secondary N) is 2. The highest BCUT2D eigenvalue weighted by molar-refractivity contribution is 5.84. The van der Waals surface area contributed by atoms with Crippen molar-refractivity contribution in [3.05, 3.63) is 71.0 Å². The molecular formula is C19H17FN4O5. The van der Waals surface area contributed by atoms with Gasteiger partial charge in [-0.2, -0.15) is 4.68 Å². The van der Waals surface area contributed by atoms with Gasteiger partial charge in [-0.15, -0.1) is 5.10 Å². The van der Waals surface area contributed by atoms with E-state index in [0.717, 1.165) is 4.68 Å². The first-order valence-corrected chi connectivity index (χ1v) is 8.56. The van der Waals surface area contributed by atoms with Crippen LogP contribution in [0.2, 0.25) is 0 Å². The standard InChI is InChI=1S/C19H17FN4O5/c1-12(28-15-9-7-14(20)8-10-15)17(26)22-21-16(25)11-24-19(27)29-18(23-24)13-5-3-2-4-6-13/h2-10,12H,11H2,1H3,(H,21,25)(H,22,26). The predicted octanol–water partition coefficient (Wildman–Crippen LogP) is 1.26. The van der Waals surface area contributed by atoms with Crippen LogP contribution >= 0.6 is 0 Å². The molecule has 1 aromatic heterocycles. The van der Waals surface area contributed by atoms with E-state index in [1.165, 1.54) is 31.2 Å². The molecule has 0 aliphatic carbocycles. The van der Waals surface area contributed by atoms with E-state index in [-0.39, 0.29) is 5.89 Å². The van der Waals surface area contributed by atoms with E-state index in [1.54, 1.807) is 30.3 Å². The van der Waals surface area contributed by atoms with E-state index in [1.807, 2.05) is 0 Å². The smallest absolute Gasteiger partial charge is 0.437 e. The number of carbonyl (C=O) groups is 2. The highest BCUT2D eigenvalue weighted by Crippen LogP contribution is 2.14. The Hall–Kier alpha value is -3.95. The van der Waals surface area contributed by atoms with E-state index in [0.29, 0.717) is 11.3 Å². The number of amides is 2. The maximum atomic E-state index is 12.9. The van der Waals surface area contributed by atoms with Gasteiger partial charge in [0.25, 0.3) is 11.8 Å². The molecule has 0 fully saturated rings. The lowest BCUT2D eigenvalue weighted by molar-refractivity contribution is -0.133. The van der Waals surface area contributed by atoms with Crippen LogP contribution in [0.3, 0.4) is 0 Å². The normalized spacial score (nSPS) is 11.5. The quantitative estimate of drug-likeness (QED) is 0.602. The number of halogens is 1. The van der Waals surface area contributed by atoms with Gasteiger partial charge in [-0.05, 0) is 43.3 Å². The molecule has 29 heavy (non-hydrogen) atoms. The van der Waals surface area contributed by atoms with Crippen molar-refractivity contribution in [3.63, 3.8) is 0 Å². The fourth-order valence-corrected chi connectivity index (χ4v) is 2.28. The van der Waals surface area contributed by atoms with Gasteiger partial charge in [0.15, 0.2) is 6.10 Å². The van der Waals surface area contributed by atoms with Gasteiger partial charge in [-0.3, -0.25) is 20.4 Å². The summed E-state index contributed by atoms with van der Waals surface area (Å²) >= 11 is 0. The van der Waals surface area contributed by atoms with Crippen LogP contribution in [0.5, 0.6) is 5.75 Å². The summed E-state index contributed by atoms with van der Waals surface area (Å²) in [7, 11) is 0. The van der Waals surface area contributed by atoms with E-state index in [4.69, 9.17) is 9.15 Å². The SMILES string of the molecule is CC(Oc1ccc(F)cc1)C(=O)NNC(=O)Cn1nc(-c2ccccc2)oc1=O. The van der Waals surface area contributed by atoms with Crippen molar-refractivity contribution in [3.8, 4) is 17.2 Å². The summed E-state index contributed by atoms with van der Waals surface area (Å²) < 4.78 is 24.1. The van der Waals surface area contributed by atoms with Crippen LogP contribution in [-0.2, 0) is 16.1 Å². The Labute approximate surface area is 164 Å². The number of ether oxygens (including phenoxy) is 1. The Morgan fingerprint density at radius 1 is 1.14 bits per heavy atom. The van der Waals surface area contributed by atoms with Crippen LogP contribution < -0.4 is 21.3 Å². The molecule has 0 aliphatic rings. The van der Waals surface area contributed by atoms with Crippen molar-refractivity contribution in [1.82, 2.24) is 20.6 Å². The van der Waals surface area contributed by atoms with Crippen molar-refractivity contribution in [2.24, 2.45) is 0 Å². The molecule has 0 saturated heterocycles. The average molecular weight is 400 g/mol. The first-order valence-electron chi connectivity index (χ1n) is 8.56. The van der Waals surface area contributed by atoms with Crippen LogP contribution in [0.1, 0.15) is 6.92 Å². The molecule has 1 unspecified atom stereocenters. The molecular weight excluding hydrogens is 383 g/mol. The Morgan fingerprint density at radius 2 is 1.83 bits per heavy atom. The molecule has 0 radical (unpaired) electrons. The molecule has 0 aliphatic heterocycles. The maximum absolute atomic E-state index is 12.9. The Balaban J connectivity index is 1.52. The molecule has 1 atom stereocenters. The van der Waals surface area contributed by atoms with Crippen molar-refractivity contribution >= 4 is 11.8 Å². The summed E-state index contributed by atoms with van der Waals surface area (Å²) in [6.45, 7) is 1.00. The lowest BCUT2D eigenvalue weighted by Crippen LogP contribution is -2.48. The summed E-state index contributed by atoms with van der Waals surface area (Å²) in [5.74, 6) is -2.20. The molecule has 10 heteroatoms. The first-order chi connectivity index (χ1) is 13.9. The molecule has 2 aromatic carbocycles. The van der Waals surface area contributed by atoms with Gasteiger partial charge in [0.1, 0.15) is 18.1 Å². The molecule has 3 aromatic rings. The zero-order chi connectivity index (χ0) is 20.8. The van der Waals surface area contributed by atoms with Crippen molar-refractivity contribution in [2.45, 2.75) is 19.6 Å². The second kappa shape index (κ2) is 8.83. The highest BCUT2D eigenvalue weighted by atomic mass is 19.1. The van der Waals surface area contributed by atoms with E-state index in [2.05, 4.69) is 16.0 Å². The molecule has 2 N–H and O–H groups in total. The number of hydrazine groups is 1. The molecule has 3 rings (SSSR count). The zero-order valence-electron chi connectivity index (χ0n) is 15.3. The Morgan fingerprint density at radius 3 is 2.52 bits per heavy atom. The minimum atomic E-state index is -0.958. The third kappa shape index (κ3) is 5.28. The number of hydrogen-bond donors (Lipinski definition) is 2. The Kier molecular flexibility index (Phi) is 6.03. The van der Waals surface area contributed by atoms with Gasteiger partial charge in [0.05, 0.1) is 0 Å². The minimum absolute atomic E-state index is 0.0776. The molecule has 0 saturated carbocycles. The third-order valence-corrected chi connectivity index (χ3v) is 3.74. The first kappa shape index (κ1) is 19.8. The molecule has 150 valence electrons. The second-order valence-corrected chi connectivity index (χ2v) is 5.95. The largest absolute Gasteiger partial charge is 0.481 e. The van der Waals surface area contributed by atoms with Gasteiger partial charge in [0, 0.05) is 5.56 Å². The zero-order valence-corrected chi connectivity index (χ0v) is 15.3. The fourth-order valence-electron chi connectivity index (χ4n) is 2.28. The monoisotopic (exact) mass is 400 g/mol. The van der Waals surface area contributed by atoms with Crippen molar-refractivity contribution < 1.29 is 23.1 Å². The van der Waals surface area contributed by atoms with Crippen molar-refractivity contribution in [1.29, 1.82) is 0 Å². The molecule has 0 bridgehead atoms. The number of hydrogen-bond acceptors (Lipinski definition) is 6. The number of benzene rings is 2. The van der Waals surface area contributed by atoms with Gasteiger partial charge in [-0.25, -0.2) is 9.18 Å². The summed E-state index contributed by atoms with van der Waals surface area (Å²) in [6, 6.07) is 13.9. The molecule has 1 heterocycles. The lowest BCUT2D eigenvalue weighted by atomic mass is 10.2. The number of aromatic nitrogens is 2. The van der Waals surface area contributed by atoms with Gasteiger partial charge in [0.2, 0.25) is 5.89 Å². The van der Waals surface area contributed by atoms with Crippen LogP contribution in [-0.4, -0.2) is 27.7 Å². The summed E-state index contributed by atoms with van der Waals surface area (Å²) in [4.78, 5) is 35.8. The van der Waals surface area contributed by atoms with E-state index >= 15 is 0 Å². The molecule has 2 amide bonds. The van der Waals surface area contributed by atoms with Gasteiger partial charge in [-0.1, -0.05) is 18.2 Å². The topological polar surface area (TPSA) is 115 Å². The summed E-state index contributed by atoms with van der Waals surface area (Å²) in [6.07, 6.45) is -0.958. The van der Waals surface area contributed by atoms with Crippen molar-refractivity contribution in [2.75, 3.05) is 0 Å². The summed E-state index contributed by atoms with van der Waals surface area (Å²) in [5, 5.41) is 3.95. The van der Waals surface area contributed by atoms with Gasteiger partial charge < -0.3 is 9.15 Å². The fraction of sp³-hybridized carbons (Fsp3) is 0.158. The Bertz CT molecular complexity index is 1050. The minimum Gasteiger partial charge on any atom is -0.481 e. The van der Waals surface area contributed by atoms with Crippen LogP contribution in [0.25, 0.3) is 11.5 Å².